The van der Waals surface area contributed by atoms with Crippen molar-refractivity contribution >= 4 is 0 Å². The topological polar surface area (TPSA) is 30.5 Å². The second-order valence-corrected chi connectivity index (χ2v) is 4.59. The van der Waals surface area contributed by atoms with Gasteiger partial charge in [-0.05, 0) is 23.3 Å². The maximum absolute atomic E-state index is 5.62. The molecule has 2 aromatic carbocycles. The number of ether oxygens (including phenoxy) is 2. The van der Waals surface area contributed by atoms with Crippen LogP contribution in [0.25, 0.3) is 0 Å². The highest BCUT2D eigenvalue weighted by Gasteiger charge is 1.95. The molecule has 0 fully saturated rings. The SMILES string of the molecule is COCc1ccc(CNCCOc2ccccc2)cc1. The minimum absolute atomic E-state index is 0.665. The highest BCUT2D eigenvalue weighted by atomic mass is 16.5. The largest absolute Gasteiger partial charge is 0.492 e. The maximum Gasteiger partial charge on any atom is 0.119 e. The van der Waals surface area contributed by atoms with Crippen LogP contribution in [0.1, 0.15) is 11.1 Å². The summed E-state index contributed by atoms with van der Waals surface area (Å²) >= 11 is 0. The number of para-hydroxylation sites is 1. The first kappa shape index (κ1) is 14.6. The summed E-state index contributed by atoms with van der Waals surface area (Å²) in [5.74, 6) is 0.915. The summed E-state index contributed by atoms with van der Waals surface area (Å²) in [4.78, 5) is 0. The van der Waals surface area contributed by atoms with Crippen LogP contribution in [0, 0.1) is 0 Å². The van der Waals surface area contributed by atoms with Gasteiger partial charge >= 0.3 is 0 Å². The van der Waals surface area contributed by atoms with Gasteiger partial charge in [-0.15, -0.1) is 0 Å². The Morgan fingerprint density at radius 3 is 2.30 bits per heavy atom. The van der Waals surface area contributed by atoms with E-state index in [9.17, 15) is 0 Å². The molecule has 20 heavy (non-hydrogen) atoms. The van der Waals surface area contributed by atoms with E-state index in [4.69, 9.17) is 9.47 Å². The molecule has 3 heteroatoms. The molecule has 0 unspecified atom stereocenters. The predicted molar refractivity (Wildman–Crippen MR) is 80.8 cm³/mol. The van der Waals surface area contributed by atoms with Gasteiger partial charge in [0.1, 0.15) is 12.4 Å². The van der Waals surface area contributed by atoms with E-state index in [0.717, 1.165) is 18.8 Å². The van der Waals surface area contributed by atoms with Gasteiger partial charge in [0.25, 0.3) is 0 Å². The van der Waals surface area contributed by atoms with Crippen molar-refractivity contribution in [2.24, 2.45) is 0 Å². The van der Waals surface area contributed by atoms with E-state index in [-0.39, 0.29) is 0 Å². The van der Waals surface area contributed by atoms with Gasteiger partial charge in [0.05, 0.1) is 6.61 Å². The van der Waals surface area contributed by atoms with Gasteiger partial charge in [-0.3, -0.25) is 0 Å². The predicted octanol–water partition coefficient (Wildman–Crippen LogP) is 3.00. The van der Waals surface area contributed by atoms with E-state index in [1.54, 1.807) is 7.11 Å². The first-order valence-corrected chi connectivity index (χ1v) is 6.84. The Bertz CT molecular complexity index is 482. The molecular weight excluding hydrogens is 250 g/mol. The molecule has 3 nitrogen and oxygen atoms in total. The van der Waals surface area contributed by atoms with Crippen molar-refractivity contribution in [3.05, 3.63) is 65.7 Å². The molecule has 0 aliphatic heterocycles. The van der Waals surface area contributed by atoms with Gasteiger partial charge in [0.15, 0.2) is 0 Å². The molecule has 1 N–H and O–H groups in total. The Morgan fingerprint density at radius 1 is 0.900 bits per heavy atom. The van der Waals surface area contributed by atoms with Gasteiger partial charge in [-0.2, -0.15) is 0 Å². The third kappa shape index (κ3) is 5.03. The molecular formula is C17H21NO2. The quantitative estimate of drug-likeness (QED) is 0.749. The van der Waals surface area contributed by atoms with E-state index in [1.807, 2.05) is 30.3 Å². The van der Waals surface area contributed by atoms with Crippen molar-refractivity contribution in [3.63, 3.8) is 0 Å². The van der Waals surface area contributed by atoms with Crippen LogP contribution in [0.15, 0.2) is 54.6 Å². The number of benzene rings is 2. The summed E-state index contributed by atoms with van der Waals surface area (Å²) in [5.41, 5.74) is 2.47. The van der Waals surface area contributed by atoms with Crippen molar-refractivity contribution in [1.29, 1.82) is 0 Å². The van der Waals surface area contributed by atoms with Gasteiger partial charge in [0.2, 0.25) is 0 Å². The lowest BCUT2D eigenvalue weighted by Gasteiger charge is -2.08. The number of hydrogen-bond acceptors (Lipinski definition) is 3. The zero-order valence-electron chi connectivity index (χ0n) is 11.8. The monoisotopic (exact) mass is 271 g/mol. The lowest BCUT2D eigenvalue weighted by Crippen LogP contribution is -2.20. The summed E-state index contributed by atoms with van der Waals surface area (Å²) in [6, 6.07) is 18.3. The summed E-state index contributed by atoms with van der Waals surface area (Å²) in [5, 5.41) is 3.37. The maximum atomic E-state index is 5.62. The van der Waals surface area contributed by atoms with Crippen molar-refractivity contribution in [2.75, 3.05) is 20.3 Å². The van der Waals surface area contributed by atoms with Crippen LogP contribution in [0.3, 0.4) is 0 Å². The van der Waals surface area contributed by atoms with Crippen LogP contribution in [0.5, 0.6) is 5.75 Å². The van der Waals surface area contributed by atoms with Crippen molar-refractivity contribution in [1.82, 2.24) is 5.32 Å². The van der Waals surface area contributed by atoms with E-state index >= 15 is 0 Å². The number of hydrogen-bond donors (Lipinski definition) is 1. The van der Waals surface area contributed by atoms with Crippen LogP contribution in [-0.2, 0) is 17.9 Å². The zero-order chi connectivity index (χ0) is 14.0. The molecule has 0 saturated carbocycles. The molecule has 0 bridgehead atoms. The molecule has 0 aliphatic rings. The van der Waals surface area contributed by atoms with Gasteiger partial charge in [0, 0.05) is 20.2 Å². The van der Waals surface area contributed by atoms with Crippen LogP contribution < -0.4 is 10.1 Å². The Labute approximate surface area is 120 Å². The molecule has 0 atom stereocenters. The van der Waals surface area contributed by atoms with Crippen LogP contribution >= 0.6 is 0 Å². The normalized spacial score (nSPS) is 10.4. The Hall–Kier alpha value is -1.84. The summed E-state index contributed by atoms with van der Waals surface area (Å²) < 4.78 is 10.7. The Morgan fingerprint density at radius 2 is 1.60 bits per heavy atom. The smallest absolute Gasteiger partial charge is 0.119 e. The average Bonchev–Trinajstić information content (AvgIpc) is 2.50. The van der Waals surface area contributed by atoms with E-state index in [0.29, 0.717) is 13.2 Å². The third-order valence-corrected chi connectivity index (χ3v) is 2.95. The Kier molecular flexibility index (Phi) is 6.08. The fourth-order valence-corrected chi connectivity index (χ4v) is 1.91. The first-order chi connectivity index (χ1) is 9.88. The second-order valence-electron chi connectivity index (χ2n) is 4.59. The van der Waals surface area contributed by atoms with Crippen molar-refractivity contribution < 1.29 is 9.47 Å². The molecule has 0 radical (unpaired) electrons. The molecule has 2 aromatic rings. The van der Waals surface area contributed by atoms with E-state index in [2.05, 4.69) is 29.6 Å². The van der Waals surface area contributed by atoms with E-state index < -0.39 is 0 Å². The van der Waals surface area contributed by atoms with Crippen LogP contribution in [0.4, 0.5) is 0 Å². The lowest BCUT2D eigenvalue weighted by atomic mass is 10.1. The summed E-state index contributed by atoms with van der Waals surface area (Å²) in [6.07, 6.45) is 0. The summed E-state index contributed by atoms with van der Waals surface area (Å²) in [7, 11) is 1.71. The van der Waals surface area contributed by atoms with Crippen LogP contribution in [0.2, 0.25) is 0 Å². The lowest BCUT2D eigenvalue weighted by molar-refractivity contribution is 0.185. The van der Waals surface area contributed by atoms with E-state index in [1.165, 1.54) is 11.1 Å². The fourth-order valence-electron chi connectivity index (χ4n) is 1.91. The standard InChI is InChI=1S/C17H21NO2/c1-19-14-16-9-7-15(8-10-16)13-18-11-12-20-17-5-3-2-4-6-17/h2-10,18H,11-14H2,1H3. The number of rotatable bonds is 8. The number of methoxy groups -OCH3 is 1. The highest BCUT2D eigenvalue weighted by molar-refractivity contribution is 5.22. The zero-order valence-corrected chi connectivity index (χ0v) is 11.8. The van der Waals surface area contributed by atoms with Crippen molar-refractivity contribution in [2.45, 2.75) is 13.2 Å². The molecule has 2 rings (SSSR count). The van der Waals surface area contributed by atoms with Crippen molar-refractivity contribution in [3.8, 4) is 5.75 Å². The van der Waals surface area contributed by atoms with Gasteiger partial charge < -0.3 is 14.8 Å². The fraction of sp³-hybridized carbons (Fsp3) is 0.294. The molecule has 106 valence electrons. The Balaban J connectivity index is 1.63. The number of nitrogens with one attached hydrogen (secondary N) is 1. The second kappa shape index (κ2) is 8.35. The molecule has 0 aromatic heterocycles. The minimum atomic E-state index is 0.665. The molecule has 0 saturated heterocycles. The van der Waals surface area contributed by atoms with Gasteiger partial charge in [-0.1, -0.05) is 42.5 Å². The summed E-state index contributed by atoms with van der Waals surface area (Å²) in [6.45, 7) is 3.02. The molecule has 0 spiro atoms. The molecule has 0 amide bonds. The minimum Gasteiger partial charge on any atom is -0.492 e. The van der Waals surface area contributed by atoms with Crippen LogP contribution in [-0.4, -0.2) is 20.3 Å². The molecule has 0 heterocycles. The molecule has 0 aliphatic carbocycles. The first-order valence-electron chi connectivity index (χ1n) is 6.84. The highest BCUT2D eigenvalue weighted by Crippen LogP contribution is 2.07. The average molecular weight is 271 g/mol. The third-order valence-electron chi connectivity index (χ3n) is 2.95. The van der Waals surface area contributed by atoms with Gasteiger partial charge in [-0.25, -0.2) is 0 Å².